The van der Waals surface area contributed by atoms with Crippen molar-refractivity contribution in [3.63, 3.8) is 0 Å². The molecular formula is C44H28N2. The maximum absolute atomic E-state index is 2.51. The summed E-state index contributed by atoms with van der Waals surface area (Å²) < 4.78 is 5.00. The maximum atomic E-state index is 2.51. The van der Waals surface area contributed by atoms with Crippen molar-refractivity contribution in [2.45, 2.75) is 0 Å². The number of aromatic nitrogens is 2. The van der Waals surface area contributed by atoms with Crippen molar-refractivity contribution in [2.24, 2.45) is 0 Å². The Labute approximate surface area is 266 Å². The highest BCUT2D eigenvalue weighted by atomic mass is 15.0. The first-order valence-corrected chi connectivity index (χ1v) is 15.9. The smallest absolute Gasteiger partial charge is 0.0647 e. The molecular weight excluding hydrogens is 556 g/mol. The topological polar surface area (TPSA) is 9.86 Å². The Morgan fingerprint density at radius 2 is 0.826 bits per heavy atom. The number of hydrogen-bond acceptors (Lipinski definition) is 0. The Hall–Kier alpha value is -6.12. The molecule has 0 spiro atoms. The molecule has 214 valence electrons. The van der Waals surface area contributed by atoms with E-state index < -0.39 is 0 Å². The van der Waals surface area contributed by atoms with Crippen molar-refractivity contribution in [3.8, 4) is 22.5 Å². The Kier molecular flexibility index (Phi) is 5.31. The van der Waals surface area contributed by atoms with Crippen LogP contribution in [0.1, 0.15) is 0 Å². The van der Waals surface area contributed by atoms with Crippen LogP contribution < -0.4 is 0 Å². The number of fused-ring (bicyclic) bond motifs is 12. The highest BCUT2D eigenvalue weighted by molar-refractivity contribution is 6.40. The van der Waals surface area contributed by atoms with Crippen LogP contribution in [-0.2, 0) is 0 Å². The first kappa shape index (κ1) is 25.2. The molecule has 0 bridgehead atoms. The lowest BCUT2D eigenvalue weighted by atomic mass is 9.95. The lowest BCUT2D eigenvalue weighted by Gasteiger charge is -2.15. The summed E-state index contributed by atoms with van der Waals surface area (Å²) in [5, 5.41) is 10.2. The van der Waals surface area contributed by atoms with Crippen LogP contribution in [0.3, 0.4) is 0 Å². The van der Waals surface area contributed by atoms with Crippen LogP contribution in [0.5, 0.6) is 0 Å². The van der Waals surface area contributed by atoms with Gasteiger partial charge < -0.3 is 9.13 Å². The Balaban J connectivity index is 1.51. The van der Waals surface area contributed by atoms with Crippen molar-refractivity contribution < 1.29 is 0 Å². The second-order valence-electron chi connectivity index (χ2n) is 12.1. The standard InChI is InChI=1S/C44H28N2/c1-3-14-29(15-4-1)31-17-13-20-33(28-31)46-38-24-11-9-22-35(38)41-37-27-26-30-16-7-8-21-34(30)40(37)43-42(44(41)46)36-23-10-12-25-39(36)45(43)32-18-5-2-6-19-32/h1-28H. The molecule has 0 aliphatic rings. The van der Waals surface area contributed by atoms with Gasteiger partial charge in [0.05, 0.1) is 22.1 Å². The molecule has 0 saturated carbocycles. The summed E-state index contributed by atoms with van der Waals surface area (Å²) in [5.41, 5.74) is 9.65. The summed E-state index contributed by atoms with van der Waals surface area (Å²) in [5.74, 6) is 0. The van der Waals surface area contributed by atoms with Crippen molar-refractivity contribution in [1.29, 1.82) is 0 Å². The van der Waals surface area contributed by atoms with E-state index in [4.69, 9.17) is 0 Å². The zero-order valence-corrected chi connectivity index (χ0v) is 25.1. The zero-order chi connectivity index (χ0) is 30.2. The largest absolute Gasteiger partial charge is 0.309 e. The van der Waals surface area contributed by atoms with Gasteiger partial charge in [0.15, 0.2) is 0 Å². The third-order valence-electron chi connectivity index (χ3n) is 9.65. The number of hydrogen-bond donors (Lipinski definition) is 0. The van der Waals surface area contributed by atoms with Crippen molar-refractivity contribution >= 4 is 65.2 Å². The van der Waals surface area contributed by atoms with Gasteiger partial charge in [-0.2, -0.15) is 0 Å². The molecule has 8 aromatic carbocycles. The average Bonchev–Trinajstić information content (AvgIpc) is 3.66. The van der Waals surface area contributed by atoms with Crippen LogP contribution >= 0.6 is 0 Å². The fraction of sp³-hybridized carbons (Fsp3) is 0. The predicted octanol–water partition coefficient (Wildman–Crippen LogP) is 11.9. The first-order chi connectivity index (χ1) is 22.9. The number of para-hydroxylation sites is 3. The van der Waals surface area contributed by atoms with Gasteiger partial charge in [-0.05, 0) is 63.7 Å². The van der Waals surface area contributed by atoms with Gasteiger partial charge in [-0.3, -0.25) is 0 Å². The summed E-state index contributed by atoms with van der Waals surface area (Å²) in [6.07, 6.45) is 0. The predicted molar refractivity (Wildman–Crippen MR) is 196 cm³/mol. The molecule has 2 heterocycles. The highest BCUT2D eigenvalue weighted by Crippen LogP contribution is 2.48. The summed E-state index contributed by atoms with van der Waals surface area (Å²) in [6.45, 7) is 0. The molecule has 10 rings (SSSR count). The molecule has 46 heavy (non-hydrogen) atoms. The van der Waals surface area contributed by atoms with E-state index in [0.717, 1.165) is 11.4 Å². The van der Waals surface area contributed by atoms with Crippen molar-refractivity contribution in [2.75, 3.05) is 0 Å². The molecule has 2 heteroatoms. The van der Waals surface area contributed by atoms with Crippen molar-refractivity contribution in [3.05, 3.63) is 170 Å². The number of benzene rings is 8. The molecule has 2 aromatic heterocycles. The van der Waals surface area contributed by atoms with E-state index in [1.165, 1.54) is 76.3 Å². The number of rotatable bonds is 3. The van der Waals surface area contributed by atoms with E-state index in [1.807, 2.05) is 0 Å². The van der Waals surface area contributed by atoms with E-state index in [2.05, 4.69) is 179 Å². The van der Waals surface area contributed by atoms with Gasteiger partial charge in [-0.25, -0.2) is 0 Å². The van der Waals surface area contributed by atoms with Crippen LogP contribution in [0.25, 0.3) is 87.7 Å². The Bertz CT molecular complexity index is 2780. The van der Waals surface area contributed by atoms with E-state index in [-0.39, 0.29) is 0 Å². The second kappa shape index (κ2) is 9.69. The van der Waals surface area contributed by atoms with Crippen LogP contribution in [-0.4, -0.2) is 9.13 Å². The molecule has 10 aromatic rings. The summed E-state index contributed by atoms with van der Waals surface area (Å²) in [6, 6.07) is 61.8. The molecule has 2 nitrogen and oxygen atoms in total. The molecule has 0 amide bonds. The monoisotopic (exact) mass is 584 g/mol. The minimum Gasteiger partial charge on any atom is -0.309 e. The third-order valence-corrected chi connectivity index (χ3v) is 9.65. The SMILES string of the molecule is c1ccc(-c2cccc(-n3c4ccccc4c4c5ccc6ccccc6c5c5c(c6ccccc6n5-c5ccccc5)c43)c2)cc1. The normalized spacial score (nSPS) is 11.9. The Morgan fingerprint density at radius 3 is 1.57 bits per heavy atom. The molecule has 0 atom stereocenters. The molecule has 0 aliphatic heterocycles. The number of nitrogens with zero attached hydrogens (tertiary/aromatic N) is 2. The van der Waals surface area contributed by atoms with Gasteiger partial charge in [0.1, 0.15) is 0 Å². The fourth-order valence-electron chi connectivity index (χ4n) is 7.77. The minimum absolute atomic E-state index is 1.16. The fourth-order valence-corrected chi connectivity index (χ4v) is 7.77. The molecule has 0 fully saturated rings. The lowest BCUT2D eigenvalue weighted by molar-refractivity contribution is 1.18. The summed E-state index contributed by atoms with van der Waals surface area (Å²) >= 11 is 0. The average molecular weight is 585 g/mol. The molecule has 0 unspecified atom stereocenters. The lowest BCUT2D eigenvalue weighted by Crippen LogP contribution is -1.97. The van der Waals surface area contributed by atoms with Gasteiger partial charge in [-0.1, -0.05) is 133 Å². The summed E-state index contributed by atoms with van der Waals surface area (Å²) in [4.78, 5) is 0. The summed E-state index contributed by atoms with van der Waals surface area (Å²) in [7, 11) is 0. The van der Waals surface area contributed by atoms with E-state index in [1.54, 1.807) is 0 Å². The molecule has 0 radical (unpaired) electrons. The zero-order valence-electron chi connectivity index (χ0n) is 25.1. The molecule has 0 N–H and O–H groups in total. The Morgan fingerprint density at radius 1 is 0.304 bits per heavy atom. The van der Waals surface area contributed by atoms with Gasteiger partial charge in [0.2, 0.25) is 0 Å². The first-order valence-electron chi connectivity index (χ1n) is 15.9. The van der Waals surface area contributed by atoms with Gasteiger partial charge in [-0.15, -0.1) is 0 Å². The van der Waals surface area contributed by atoms with Crippen LogP contribution in [0.15, 0.2) is 170 Å². The third kappa shape index (κ3) is 3.47. The highest BCUT2D eigenvalue weighted by Gasteiger charge is 2.25. The van der Waals surface area contributed by atoms with E-state index >= 15 is 0 Å². The molecule has 0 saturated heterocycles. The van der Waals surface area contributed by atoms with E-state index in [9.17, 15) is 0 Å². The van der Waals surface area contributed by atoms with Crippen LogP contribution in [0.4, 0.5) is 0 Å². The van der Waals surface area contributed by atoms with Crippen LogP contribution in [0.2, 0.25) is 0 Å². The second-order valence-corrected chi connectivity index (χ2v) is 12.1. The minimum atomic E-state index is 1.16. The van der Waals surface area contributed by atoms with Crippen LogP contribution in [0, 0.1) is 0 Å². The van der Waals surface area contributed by atoms with Gasteiger partial charge in [0, 0.05) is 38.3 Å². The molecule has 0 aliphatic carbocycles. The quantitative estimate of drug-likeness (QED) is 0.183. The van der Waals surface area contributed by atoms with Gasteiger partial charge >= 0.3 is 0 Å². The van der Waals surface area contributed by atoms with E-state index in [0.29, 0.717) is 0 Å². The van der Waals surface area contributed by atoms with Gasteiger partial charge in [0.25, 0.3) is 0 Å². The maximum Gasteiger partial charge on any atom is 0.0647 e. The van der Waals surface area contributed by atoms with Crippen molar-refractivity contribution in [1.82, 2.24) is 9.13 Å².